The van der Waals surface area contributed by atoms with Gasteiger partial charge in [-0.3, -0.25) is 4.79 Å². The van der Waals surface area contributed by atoms with Gasteiger partial charge in [0.25, 0.3) is 0 Å². The first-order valence-electron chi connectivity index (χ1n) is 7.71. The number of ether oxygens (including phenoxy) is 1. The van der Waals surface area contributed by atoms with Gasteiger partial charge in [0.05, 0.1) is 6.61 Å². The maximum absolute atomic E-state index is 12.0. The summed E-state index contributed by atoms with van der Waals surface area (Å²) < 4.78 is 14.4. The molecule has 9 heteroatoms. The number of pyridine rings is 1. The average Bonchev–Trinajstić information content (AvgIpc) is 2.81. The van der Waals surface area contributed by atoms with Crippen LogP contribution in [0.4, 0.5) is 5.82 Å². The Kier molecular flexibility index (Phi) is 3.49. The van der Waals surface area contributed by atoms with Gasteiger partial charge < -0.3 is 30.4 Å². The third kappa shape index (κ3) is 2.20. The number of rotatable bonds is 3. The van der Waals surface area contributed by atoms with Gasteiger partial charge in [-0.25, -0.2) is 9.97 Å². The molecule has 3 heterocycles. The minimum Gasteiger partial charge on any atom is -0.393 e. The lowest BCUT2D eigenvalue weighted by Crippen LogP contribution is -2.45. The van der Waals surface area contributed by atoms with E-state index >= 15 is 0 Å². The molecule has 0 saturated carbocycles. The van der Waals surface area contributed by atoms with Crippen LogP contribution in [-0.4, -0.2) is 54.3 Å². The fraction of sp³-hybridized carbons (Fsp3) is 0.500. The van der Waals surface area contributed by atoms with Crippen molar-refractivity contribution in [3.8, 4) is 0 Å². The van der Waals surface area contributed by atoms with Crippen LogP contribution in [0, 0.1) is 0 Å². The Morgan fingerprint density at radius 3 is 3.00 bits per heavy atom. The van der Waals surface area contributed by atoms with E-state index in [9.17, 15) is 20.1 Å². The number of aliphatic hydroxyl groups excluding tert-OH is 3. The number of nitrogen functional groups attached to an aromatic ring is 1. The molecule has 0 aliphatic carbocycles. The van der Waals surface area contributed by atoms with E-state index in [-0.39, 0.29) is 35.6 Å². The van der Waals surface area contributed by atoms with Gasteiger partial charge in [-0.1, -0.05) is 6.90 Å². The zero-order chi connectivity index (χ0) is 17.5. The molecule has 2 aromatic heterocycles. The predicted molar refractivity (Wildman–Crippen MR) is 80.5 cm³/mol. The Labute approximate surface area is 132 Å². The topological polar surface area (TPSA) is 144 Å². The van der Waals surface area contributed by atoms with Gasteiger partial charge in [0.15, 0.2) is 17.3 Å². The summed E-state index contributed by atoms with van der Waals surface area (Å²) in [5, 5.41) is 30.4. The smallest absolute Gasteiger partial charge is 0.194 e. The van der Waals surface area contributed by atoms with E-state index in [1.807, 2.05) is 0 Å². The highest BCUT2D eigenvalue weighted by atomic mass is 16.6. The van der Waals surface area contributed by atoms with Gasteiger partial charge in [-0.05, 0) is 6.42 Å². The summed E-state index contributed by atoms with van der Waals surface area (Å²) in [7, 11) is 0. The summed E-state index contributed by atoms with van der Waals surface area (Å²) in [5.41, 5.74) is 4.04. The van der Waals surface area contributed by atoms with Gasteiger partial charge in [0, 0.05) is 13.6 Å². The highest BCUT2D eigenvalue weighted by Crippen LogP contribution is 2.39. The van der Waals surface area contributed by atoms with Crippen LogP contribution in [0.15, 0.2) is 23.4 Å². The summed E-state index contributed by atoms with van der Waals surface area (Å²) in [6.07, 6.45) is -1.30. The second kappa shape index (κ2) is 5.53. The highest BCUT2D eigenvalue weighted by molar-refractivity contribution is 5.84. The van der Waals surface area contributed by atoms with Crippen molar-refractivity contribution in [2.24, 2.45) is 0 Å². The van der Waals surface area contributed by atoms with Crippen molar-refractivity contribution >= 4 is 16.9 Å². The number of anilines is 1. The SMILES string of the molecule is [2H]CC[C@]1(CO)OC(n2ccc(=O)c3c(N)ncnc32)[C@H](O)[C@@H]1O. The lowest BCUT2D eigenvalue weighted by molar-refractivity contribution is -0.129. The molecule has 0 amide bonds. The lowest BCUT2D eigenvalue weighted by Gasteiger charge is -2.28. The van der Waals surface area contributed by atoms with Crippen LogP contribution in [0.3, 0.4) is 0 Å². The summed E-state index contributed by atoms with van der Waals surface area (Å²) in [6.45, 7) is -0.660. The molecule has 0 bridgehead atoms. The van der Waals surface area contributed by atoms with Crippen molar-refractivity contribution in [2.75, 3.05) is 12.3 Å². The zero-order valence-corrected chi connectivity index (χ0v) is 12.2. The minimum absolute atomic E-state index is 0.00744. The number of fused-ring (bicyclic) bond motifs is 1. The van der Waals surface area contributed by atoms with Gasteiger partial charge in [0.1, 0.15) is 35.3 Å². The molecule has 0 aromatic carbocycles. The minimum atomic E-state index is -1.46. The number of nitrogens with zero attached hydrogens (tertiary/aromatic N) is 3. The normalized spacial score (nSPS) is 31.4. The summed E-state index contributed by atoms with van der Waals surface area (Å²) >= 11 is 0. The van der Waals surface area contributed by atoms with Gasteiger partial charge in [0.2, 0.25) is 0 Å². The van der Waals surface area contributed by atoms with Crippen molar-refractivity contribution in [1.29, 1.82) is 0 Å². The third-order valence-electron chi connectivity index (χ3n) is 4.21. The van der Waals surface area contributed by atoms with E-state index in [4.69, 9.17) is 11.8 Å². The van der Waals surface area contributed by atoms with Crippen LogP contribution in [0.2, 0.25) is 0 Å². The van der Waals surface area contributed by atoms with E-state index in [1.54, 1.807) is 0 Å². The number of aromatic nitrogens is 3. The van der Waals surface area contributed by atoms with Crippen LogP contribution >= 0.6 is 0 Å². The molecule has 1 aliphatic heterocycles. The molecule has 1 aliphatic rings. The second-order valence-electron chi connectivity index (χ2n) is 5.46. The van der Waals surface area contributed by atoms with Crippen molar-refractivity contribution < 1.29 is 21.4 Å². The van der Waals surface area contributed by atoms with Crippen molar-refractivity contribution in [3.05, 3.63) is 28.8 Å². The molecule has 0 radical (unpaired) electrons. The zero-order valence-electron chi connectivity index (χ0n) is 13.2. The third-order valence-corrected chi connectivity index (χ3v) is 4.21. The Hall–Kier alpha value is -2.07. The molecular weight excluding hydrogens is 304 g/mol. The Morgan fingerprint density at radius 2 is 2.30 bits per heavy atom. The fourth-order valence-electron chi connectivity index (χ4n) is 2.81. The quantitative estimate of drug-likeness (QED) is 0.549. The summed E-state index contributed by atoms with van der Waals surface area (Å²) in [5.74, 6) is -0.00744. The molecule has 124 valence electrons. The number of hydrogen-bond acceptors (Lipinski definition) is 8. The van der Waals surface area contributed by atoms with E-state index in [0.717, 1.165) is 0 Å². The molecule has 3 rings (SSSR count). The maximum atomic E-state index is 12.0. The molecular formula is C14H18N4O5. The van der Waals surface area contributed by atoms with Crippen molar-refractivity contribution in [2.45, 2.75) is 37.4 Å². The van der Waals surface area contributed by atoms with E-state index in [0.29, 0.717) is 0 Å². The van der Waals surface area contributed by atoms with Gasteiger partial charge >= 0.3 is 0 Å². The summed E-state index contributed by atoms with van der Waals surface area (Å²) in [6, 6.07) is 1.23. The van der Waals surface area contributed by atoms with Crippen LogP contribution < -0.4 is 11.2 Å². The first kappa shape index (κ1) is 14.5. The van der Waals surface area contributed by atoms with E-state index in [1.165, 1.54) is 23.2 Å². The van der Waals surface area contributed by atoms with Crippen LogP contribution in [0.1, 0.15) is 20.9 Å². The van der Waals surface area contributed by atoms with E-state index in [2.05, 4.69) is 9.97 Å². The summed E-state index contributed by atoms with van der Waals surface area (Å²) in [4.78, 5) is 19.8. The van der Waals surface area contributed by atoms with Crippen molar-refractivity contribution in [3.63, 3.8) is 0 Å². The van der Waals surface area contributed by atoms with Crippen molar-refractivity contribution in [1.82, 2.24) is 14.5 Å². The lowest BCUT2D eigenvalue weighted by atomic mass is 9.93. The second-order valence-corrected chi connectivity index (χ2v) is 5.46. The highest BCUT2D eigenvalue weighted by Gasteiger charge is 2.53. The number of nitrogens with two attached hydrogens (primary N) is 1. The molecule has 9 nitrogen and oxygen atoms in total. The first-order valence-corrected chi connectivity index (χ1v) is 7.00. The van der Waals surface area contributed by atoms with Crippen LogP contribution in [0.25, 0.3) is 11.0 Å². The van der Waals surface area contributed by atoms with Crippen LogP contribution in [-0.2, 0) is 4.74 Å². The largest absolute Gasteiger partial charge is 0.393 e. The van der Waals surface area contributed by atoms with E-state index < -0.39 is 30.6 Å². The molecule has 1 fully saturated rings. The predicted octanol–water partition coefficient (Wildman–Crippen LogP) is -1.23. The first-order chi connectivity index (χ1) is 11.4. The Bertz CT molecular complexity index is 815. The maximum Gasteiger partial charge on any atom is 0.194 e. The molecule has 4 atom stereocenters. The Morgan fingerprint density at radius 1 is 1.52 bits per heavy atom. The molecule has 0 spiro atoms. The standard InChI is InChI=1S/C14H18N4O5/c1-2-14(5-19)10(22)9(21)13(23-14)18-4-3-7(20)8-11(15)16-6-17-12(8)18/h3-4,6,9-10,13,19,21-22H,2,5H2,1H3,(H2,15,16,17)/t9-,10+,13?,14-/m1/s1/i1D. The fourth-order valence-corrected chi connectivity index (χ4v) is 2.81. The molecule has 23 heavy (non-hydrogen) atoms. The molecule has 5 N–H and O–H groups in total. The monoisotopic (exact) mass is 323 g/mol. The number of aliphatic hydroxyl groups is 3. The van der Waals surface area contributed by atoms with Gasteiger partial charge in [-0.15, -0.1) is 0 Å². The molecule has 2 aromatic rings. The van der Waals surface area contributed by atoms with Gasteiger partial charge in [-0.2, -0.15) is 0 Å². The Balaban J connectivity index is 2.13. The molecule has 1 unspecified atom stereocenters. The molecule has 1 saturated heterocycles. The van der Waals surface area contributed by atoms with Crippen LogP contribution in [0.5, 0.6) is 0 Å². The average molecular weight is 323 g/mol. The number of hydrogen-bond donors (Lipinski definition) is 4.